The van der Waals surface area contributed by atoms with Crippen LogP contribution in [0.25, 0.3) is 0 Å². The number of sulfonamides is 1. The van der Waals surface area contributed by atoms with Gasteiger partial charge in [-0.25, -0.2) is 8.42 Å². The Hall–Kier alpha value is -1.36. The molecule has 0 bridgehead atoms. The Morgan fingerprint density at radius 3 is 2.58 bits per heavy atom. The number of aryl methyl sites for hydroxylation is 1. The van der Waals surface area contributed by atoms with Crippen molar-refractivity contribution in [3.8, 4) is 11.5 Å². The van der Waals surface area contributed by atoms with Gasteiger partial charge in [-0.3, -0.25) is 0 Å². The zero-order chi connectivity index (χ0) is 18.1. The van der Waals surface area contributed by atoms with Gasteiger partial charge in [0, 0.05) is 24.4 Å². The number of hydrogen-bond acceptors (Lipinski definition) is 8. The second-order valence-corrected chi connectivity index (χ2v) is 10.8. The van der Waals surface area contributed by atoms with Gasteiger partial charge in [-0.2, -0.15) is 4.31 Å². The van der Waals surface area contributed by atoms with E-state index < -0.39 is 10.0 Å². The van der Waals surface area contributed by atoms with Crippen molar-refractivity contribution < 1.29 is 17.9 Å². The number of hydrogen-bond donors (Lipinski definition) is 0. The Morgan fingerprint density at radius 2 is 1.88 bits per heavy atom. The third kappa shape index (κ3) is 3.68. The normalized spacial score (nSPS) is 18.8. The molecule has 10 heteroatoms. The number of benzene rings is 1. The molecule has 0 saturated carbocycles. The lowest BCUT2D eigenvalue weighted by Gasteiger charge is -2.30. The Labute approximate surface area is 160 Å². The van der Waals surface area contributed by atoms with E-state index in [1.165, 1.54) is 0 Å². The first-order chi connectivity index (χ1) is 12.5. The van der Waals surface area contributed by atoms with Crippen LogP contribution in [0.3, 0.4) is 0 Å². The van der Waals surface area contributed by atoms with E-state index in [-0.39, 0.29) is 4.90 Å². The summed E-state index contributed by atoms with van der Waals surface area (Å²) in [7, 11) is -3.52. The summed E-state index contributed by atoms with van der Waals surface area (Å²) in [5.74, 6) is 1.09. The largest absolute Gasteiger partial charge is 0.486 e. The van der Waals surface area contributed by atoms with Crippen molar-refractivity contribution in [3.63, 3.8) is 0 Å². The standard InChI is InChI=1S/C16H19N3O4S3/c1-11-17-18-16(24-11)25-12-4-6-19(7-5-12)26(20,21)13-2-3-14-15(10-13)23-9-8-22-14/h2-3,10,12H,4-9H2,1H3. The summed E-state index contributed by atoms with van der Waals surface area (Å²) >= 11 is 3.28. The number of piperidine rings is 1. The number of nitrogens with zero attached hydrogens (tertiary/aromatic N) is 3. The highest BCUT2D eigenvalue weighted by molar-refractivity contribution is 8.01. The van der Waals surface area contributed by atoms with Gasteiger partial charge in [0.15, 0.2) is 15.8 Å². The van der Waals surface area contributed by atoms with Crippen LogP contribution in [0.2, 0.25) is 0 Å². The van der Waals surface area contributed by atoms with Crippen LogP contribution in [-0.2, 0) is 10.0 Å². The Balaban J connectivity index is 1.43. The summed E-state index contributed by atoms with van der Waals surface area (Å²) in [6.45, 7) is 3.87. The third-order valence-corrected chi connectivity index (χ3v) is 8.48. The maximum atomic E-state index is 12.9. The SMILES string of the molecule is Cc1nnc(SC2CCN(S(=O)(=O)c3ccc4c(c3)OCCO4)CC2)s1. The molecule has 7 nitrogen and oxygen atoms in total. The maximum absolute atomic E-state index is 12.9. The predicted molar refractivity (Wildman–Crippen MR) is 99.7 cm³/mol. The van der Waals surface area contributed by atoms with E-state index in [9.17, 15) is 8.42 Å². The monoisotopic (exact) mass is 413 g/mol. The van der Waals surface area contributed by atoms with Crippen molar-refractivity contribution >= 4 is 33.1 Å². The van der Waals surface area contributed by atoms with Crippen molar-refractivity contribution in [2.45, 2.75) is 34.3 Å². The molecule has 1 aromatic carbocycles. The summed E-state index contributed by atoms with van der Waals surface area (Å²) in [6, 6.07) is 4.82. The molecule has 0 radical (unpaired) electrons. The second kappa shape index (κ2) is 7.34. The highest BCUT2D eigenvalue weighted by Crippen LogP contribution is 2.36. The van der Waals surface area contributed by atoms with Crippen LogP contribution in [0.5, 0.6) is 11.5 Å². The van der Waals surface area contributed by atoms with E-state index in [0.717, 1.165) is 22.2 Å². The fourth-order valence-electron chi connectivity index (χ4n) is 2.99. The minimum atomic E-state index is -3.52. The van der Waals surface area contributed by atoms with Crippen molar-refractivity contribution in [3.05, 3.63) is 23.2 Å². The van der Waals surface area contributed by atoms with Gasteiger partial charge in [-0.1, -0.05) is 23.1 Å². The number of rotatable bonds is 4. The average molecular weight is 414 g/mol. The maximum Gasteiger partial charge on any atom is 0.243 e. The van der Waals surface area contributed by atoms with Gasteiger partial charge in [-0.15, -0.1) is 10.2 Å². The molecule has 0 amide bonds. The van der Waals surface area contributed by atoms with Crippen LogP contribution in [-0.4, -0.2) is 54.5 Å². The summed E-state index contributed by atoms with van der Waals surface area (Å²) < 4.78 is 39.4. The van der Waals surface area contributed by atoms with Crippen LogP contribution in [0.4, 0.5) is 0 Å². The second-order valence-electron chi connectivity index (χ2n) is 6.11. The molecular formula is C16H19N3O4S3. The molecule has 140 valence electrons. The Morgan fingerprint density at radius 1 is 1.15 bits per heavy atom. The highest BCUT2D eigenvalue weighted by atomic mass is 32.2. The Bertz CT molecular complexity index is 892. The molecule has 1 aromatic heterocycles. The summed E-state index contributed by atoms with van der Waals surface area (Å²) in [6.07, 6.45) is 1.60. The zero-order valence-electron chi connectivity index (χ0n) is 14.3. The fraction of sp³-hybridized carbons (Fsp3) is 0.500. The van der Waals surface area contributed by atoms with Crippen LogP contribution < -0.4 is 9.47 Å². The van der Waals surface area contributed by atoms with Gasteiger partial charge in [0.1, 0.15) is 18.2 Å². The zero-order valence-corrected chi connectivity index (χ0v) is 16.7. The summed E-state index contributed by atoms with van der Waals surface area (Å²) in [4.78, 5) is 0.257. The molecule has 0 aliphatic carbocycles. The molecule has 0 spiro atoms. The molecule has 2 aromatic rings. The molecule has 1 fully saturated rings. The van der Waals surface area contributed by atoms with Crippen LogP contribution in [0.1, 0.15) is 17.8 Å². The van der Waals surface area contributed by atoms with E-state index in [4.69, 9.17) is 9.47 Å². The van der Waals surface area contributed by atoms with E-state index in [0.29, 0.717) is 43.1 Å². The minimum Gasteiger partial charge on any atom is -0.486 e. The van der Waals surface area contributed by atoms with E-state index >= 15 is 0 Å². The van der Waals surface area contributed by atoms with E-state index in [1.54, 1.807) is 45.6 Å². The van der Waals surface area contributed by atoms with Gasteiger partial charge < -0.3 is 9.47 Å². The molecule has 1 saturated heterocycles. The molecule has 2 aliphatic heterocycles. The van der Waals surface area contributed by atoms with Crippen LogP contribution >= 0.6 is 23.1 Å². The molecular weight excluding hydrogens is 394 g/mol. The fourth-order valence-corrected chi connectivity index (χ4v) is 6.68. The average Bonchev–Trinajstić information content (AvgIpc) is 3.06. The first-order valence-electron chi connectivity index (χ1n) is 8.39. The van der Waals surface area contributed by atoms with Gasteiger partial charge in [0.2, 0.25) is 10.0 Å². The summed E-state index contributed by atoms with van der Waals surface area (Å²) in [5.41, 5.74) is 0. The highest BCUT2D eigenvalue weighted by Gasteiger charge is 2.31. The molecule has 0 N–H and O–H groups in total. The van der Waals surface area contributed by atoms with Gasteiger partial charge in [-0.05, 0) is 31.9 Å². The lowest BCUT2D eigenvalue weighted by Crippen LogP contribution is -2.39. The van der Waals surface area contributed by atoms with Crippen molar-refractivity contribution in [2.75, 3.05) is 26.3 Å². The Kier molecular flexibility index (Phi) is 5.09. The third-order valence-electron chi connectivity index (χ3n) is 4.33. The van der Waals surface area contributed by atoms with Crippen molar-refractivity contribution in [2.24, 2.45) is 0 Å². The molecule has 2 aliphatic rings. The minimum absolute atomic E-state index is 0.257. The quantitative estimate of drug-likeness (QED) is 0.762. The number of aromatic nitrogens is 2. The molecule has 3 heterocycles. The predicted octanol–water partition coefficient (Wildman–Crippen LogP) is 2.56. The molecule has 0 atom stereocenters. The molecule has 0 unspecified atom stereocenters. The number of fused-ring (bicyclic) bond motifs is 1. The number of ether oxygens (including phenoxy) is 2. The van der Waals surface area contributed by atoms with Crippen LogP contribution in [0.15, 0.2) is 27.4 Å². The lowest BCUT2D eigenvalue weighted by molar-refractivity contribution is 0.171. The number of thioether (sulfide) groups is 1. The molecule has 4 rings (SSSR count). The molecule has 26 heavy (non-hydrogen) atoms. The van der Waals surface area contributed by atoms with Crippen LogP contribution in [0, 0.1) is 6.92 Å². The summed E-state index contributed by atoms with van der Waals surface area (Å²) in [5, 5.41) is 9.49. The topological polar surface area (TPSA) is 81.6 Å². The van der Waals surface area contributed by atoms with Gasteiger partial charge in [0.25, 0.3) is 0 Å². The van der Waals surface area contributed by atoms with Gasteiger partial charge >= 0.3 is 0 Å². The smallest absolute Gasteiger partial charge is 0.243 e. The van der Waals surface area contributed by atoms with Crippen molar-refractivity contribution in [1.29, 1.82) is 0 Å². The van der Waals surface area contributed by atoms with Gasteiger partial charge in [0.05, 0.1) is 4.90 Å². The first kappa shape index (κ1) is 18.0. The lowest BCUT2D eigenvalue weighted by atomic mass is 10.2. The van der Waals surface area contributed by atoms with E-state index in [2.05, 4.69) is 10.2 Å². The van der Waals surface area contributed by atoms with Crippen molar-refractivity contribution in [1.82, 2.24) is 14.5 Å². The van der Waals surface area contributed by atoms with E-state index in [1.807, 2.05) is 6.92 Å². The first-order valence-corrected chi connectivity index (χ1v) is 11.5.